The Balaban J connectivity index is 0.000000727. The molecule has 4 N–H and O–H groups in total. The Kier molecular flexibility index (Phi) is 38.2. The Morgan fingerprint density at radius 3 is 0.961 bits per heavy atom. The summed E-state index contributed by atoms with van der Waals surface area (Å²) in [6.45, 7) is 17.8. The molecule has 4 aromatic rings. The van der Waals surface area contributed by atoms with Crippen molar-refractivity contribution in [2.45, 2.75) is 248 Å². The van der Waals surface area contributed by atoms with Crippen LogP contribution in [0.1, 0.15) is 264 Å². The van der Waals surface area contributed by atoms with Gasteiger partial charge in [-0.25, -0.2) is 9.59 Å². The summed E-state index contributed by atoms with van der Waals surface area (Å²) in [5.74, 6) is -5.13. The number of nitrogens with zero attached hydrogens (tertiary/aromatic N) is 2. The Bertz CT molecular complexity index is 2150. The molecule has 0 fully saturated rings. The number of aromatic carboxylic acids is 2. The maximum atomic E-state index is 11.4. The monoisotopic (exact) mass is 1150 g/mol. The smallest absolute Gasteiger partial charge is 0.869 e. The fourth-order valence-corrected chi connectivity index (χ4v) is 9.58. The van der Waals surface area contributed by atoms with E-state index in [-0.39, 0.29) is 31.5 Å². The molecule has 4 aromatic carbocycles. The zero-order valence-electron chi connectivity index (χ0n) is 48.6. The van der Waals surface area contributed by atoms with Crippen molar-refractivity contribution in [3.05, 3.63) is 105 Å². The van der Waals surface area contributed by atoms with Crippen LogP contribution in [0.3, 0.4) is 0 Å². The Morgan fingerprint density at radius 2 is 0.675 bits per heavy atom. The number of phenolic OH excluding ortho intramolecular Hbond substituents is 2. The maximum Gasteiger partial charge on any atom is 2.00 e. The minimum Gasteiger partial charge on any atom is -0.869 e. The van der Waals surface area contributed by atoms with Gasteiger partial charge in [-0.2, -0.15) is 0 Å². The summed E-state index contributed by atoms with van der Waals surface area (Å²) in [7, 11) is 0. The molecule has 77 heavy (non-hydrogen) atoms. The van der Waals surface area contributed by atoms with Crippen LogP contribution in [0.5, 0.6) is 23.0 Å². The third kappa shape index (κ3) is 27.5. The number of carboxylic acid groups (broad SMARTS) is 2. The fourth-order valence-electron chi connectivity index (χ4n) is 9.58. The second-order valence-electron chi connectivity index (χ2n) is 20.6. The molecule has 0 heterocycles. The van der Waals surface area contributed by atoms with Crippen molar-refractivity contribution in [1.82, 2.24) is 0 Å². The van der Waals surface area contributed by atoms with Gasteiger partial charge in [0.1, 0.15) is 11.5 Å². The molecule has 0 aromatic heterocycles. The van der Waals surface area contributed by atoms with E-state index in [0.29, 0.717) is 24.0 Å². The number of carboxylic acids is 2. The number of rotatable bonds is 35. The molecule has 0 atom stereocenters. The van der Waals surface area contributed by atoms with Gasteiger partial charge in [-0.15, -0.1) is 0 Å². The summed E-state index contributed by atoms with van der Waals surface area (Å²) in [4.78, 5) is 32.8. The second-order valence-corrected chi connectivity index (χ2v) is 20.6. The van der Waals surface area contributed by atoms with Crippen LogP contribution in [-0.2, 0) is 58.9 Å². The van der Waals surface area contributed by atoms with E-state index in [2.05, 4.69) is 77.9 Å². The molecule has 0 saturated carbocycles. The van der Waals surface area contributed by atoms with Gasteiger partial charge in [0.15, 0.2) is 0 Å². The Morgan fingerprint density at radius 1 is 0.390 bits per heavy atom. The molecule has 4 rings (SSSR count). The normalized spacial score (nSPS) is 11.3. The zero-order chi connectivity index (χ0) is 56.1. The number of aliphatic imine (C=N–C) groups is 2. The summed E-state index contributed by atoms with van der Waals surface area (Å²) in [5.41, 5.74) is 10.9. The number of phenols is 2. The van der Waals surface area contributed by atoms with Crippen molar-refractivity contribution in [1.29, 1.82) is 0 Å². The number of unbranched alkanes of at least 4 members (excludes halogenated alkanes) is 14. The fraction of sp³-hybridized carbons (Fsp3) is 0.576. The molecule has 0 aliphatic heterocycles. The number of aromatic hydroxyl groups is 2. The number of carbonyl (C=O) groups is 2. The minimum atomic E-state index is -1.27. The van der Waals surface area contributed by atoms with Crippen molar-refractivity contribution >= 4 is 34.7 Å². The first kappa shape index (κ1) is 70.0. The number of hydrogen-bond acceptors (Lipinski definition) is 8. The average molecular weight is 1150 g/mol. The van der Waals surface area contributed by atoms with E-state index < -0.39 is 34.9 Å². The van der Waals surface area contributed by atoms with E-state index in [1.807, 2.05) is 13.8 Å². The van der Waals surface area contributed by atoms with E-state index >= 15 is 0 Å². The number of aryl methyl sites for hydroxylation is 6. The second kappa shape index (κ2) is 42.0. The molecule has 0 aliphatic rings. The standard InChI is InChI=1S/C42H68N2.2C12H16O4.Pd/c1-7-13-15-17-19-21-27-41(43-39-31-35(23-9-3)29-36(32-39)24-10-4)42(28-22-20-18-16-14-8-2)44-40-33-37(25-11-5)30-38(34-40)26-12-6;2*1-2-3-4-5-8-6-7-9(13)11(14)10(8)12(15)16;/h29-34H,7-28H2,1-6H3;2*6-7,13-14H,2-5H2,1H3,(H,15,16);/q;;;+2/p-2. The minimum absolute atomic E-state index is 0. The molecule has 0 radical (unpaired) electrons. The molecule has 430 valence electrons. The van der Waals surface area contributed by atoms with Crippen LogP contribution in [-0.4, -0.2) is 43.8 Å². The first-order chi connectivity index (χ1) is 36.7. The average Bonchev–Trinajstić information content (AvgIpc) is 3.38. The molecular weight excluding hydrogens is 1060 g/mol. The maximum absolute atomic E-state index is 11.4. The van der Waals surface area contributed by atoms with E-state index in [1.165, 1.54) is 161 Å². The quantitative estimate of drug-likeness (QED) is 0.0199. The van der Waals surface area contributed by atoms with Gasteiger partial charge in [-0.1, -0.05) is 207 Å². The van der Waals surface area contributed by atoms with Crippen molar-refractivity contribution in [2.75, 3.05) is 0 Å². The van der Waals surface area contributed by atoms with Gasteiger partial charge in [-0.05, 0) is 147 Å². The molecular formula is C66H98N2O8Pd. The summed E-state index contributed by atoms with van der Waals surface area (Å²) >= 11 is 0. The van der Waals surface area contributed by atoms with Gasteiger partial charge in [0.25, 0.3) is 0 Å². The van der Waals surface area contributed by atoms with E-state index in [0.717, 1.165) is 88.4 Å². The van der Waals surface area contributed by atoms with E-state index in [1.54, 1.807) is 0 Å². The topological polar surface area (TPSA) is 186 Å². The van der Waals surface area contributed by atoms with Crippen molar-refractivity contribution in [3.8, 4) is 23.0 Å². The van der Waals surface area contributed by atoms with Gasteiger partial charge < -0.3 is 30.6 Å². The zero-order valence-corrected chi connectivity index (χ0v) is 50.2. The summed E-state index contributed by atoms with van der Waals surface area (Å²) in [6.07, 6.45) is 33.7. The van der Waals surface area contributed by atoms with Crippen LogP contribution in [0.2, 0.25) is 0 Å². The third-order valence-electron chi connectivity index (χ3n) is 13.6. The molecule has 11 heteroatoms. The molecule has 0 saturated heterocycles. The van der Waals surface area contributed by atoms with Crippen LogP contribution in [0.4, 0.5) is 11.4 Å². The largest absolute Gasteiger partial charge is 2.00 e. The van der Waals surface area contributed by atoms with Crippen LogP contribution in [0.25, 0.3) is 0 Å². The van der Waals surface area contributed by atoms with Crippen molar-refractivity contribution in [3.63, 3.8) is 0 Å². The molecule has 0 aliphatic carbocycles. The van der Waals surface area contributed by atoms with Crippen LogP contribution >= 0.6 is 0 Å². The third-order valence-corrected chi connectivity index (χ3v) is 13.6. The van der Waals surface area contributed by atoms with Gasteiger partial charge in [-0.3, -0.25) is 9.98 Å². The summed E-state index contributed by atoms with van der Waals surface area (Å²) in [6, 6.07) is 19.8. The SMILES string of the molecule is CCCCCCCCC(=Nc1cc(CCC)cc(CCC)c1)C(CCCCCCCC)=Nc1cc(CCC)cc(CCC)c1.CCCCCc1ccc(O)c([O-])c1C(=O)O.CCCCCc1ccc(O)c([O-])c1C(=O)O.[Pd+2]. The van der Waals surface area contributed by atoms with Crippen molar-refractivity contribution < 1.29 is 60.7 Å². The van der Waals surface area contributed by atoms with Crippen molar-refractivity contribution in [2.24, 2.45) is 9.98 Å². The van der Waals surface area contributed by atoms with Gasteiger partial charge in [0.2, 0.25) is 0 Å². The molecule has 0 spiro atoms. The van der Waals surface area contributed by atoms with Crippen LogP contribution < -0.4 is 10.2 Å². The number of benzene rings is 4. The summed E-state index contributed by atoms with van der Waals surface area (Å²) < 4.78 is 0. The first-order valence-corrected chi connectivity index (χ1v) is 29.6. The van der Waals surface area contributed by atoms with Gasteiger partial charge in [0.05, 0.1) is 33.9 Å². The predicted octanol–water partition coefficient (Wildman–Crippen LogP) is 17.6. The van der Waals surface area contributed by atoms with Crippen LogP contribution in [0.15, 0.2) is 70.6 Å². The molecule has 0 amide bonds. The molecule has 0 bridgehead atoms. The first-order valence-electron chi connectivity index (χ1n) is 29.6. The predicted molar refractivity (Wildman–Crippen MR) is 315 cm³/mol. The van der Waals surface area contributed by atoms with Gasteiger partial charge in [0, 0.05) is 0 Å². The Labute approximate surface area is 479 Å². The molecule has 10 nitrogen and oxygen atoms in total. The van der Waals surface area contributed by atoms with E-state index in [4.69, 9.17) is 30.4 Å². The van der Waals surface area contributed by atoms with Gasteiger partial charge >= 0.3 is 32.4 Å². The summed E-state index contributed by atoms with van der Waals surface area (Å²) in [5, 5.41) is 59.0. The van der Waals surface area contributed by atoms with E-state index in [9.17, 15) is 19.8 Å². The molecule has 0 unspecified atom stereocenters. The van der Waals surface area contributed by atoms with Crippen LogP contribution in [0, 0.1) is 0 Å². The number of hydrogen-bond donors (Lipinski definition) is 4. The Hall–Kier alpha value is -4.98.